The minimum absolute atomic E-state index is 0.0190. The summed E-state index contributed by atoms with van der Waals surface area (Å²) in [6, 6.07) is 12.8. The Kier molecular flexibility index (Phi) is 5.32. The maximum Gasteiger partial charge on any atom is 0.270 e. The third-order valence-corrected chi connectivity index (χ3v) is 6.02. The predicted molar refractivity (Wildman–Crippen MR) is 130 cm³/mol. The van der Waals surface area contributed by atoms with Crippen LogP contribution in [0.4, 0.5) is 11.5 Å². The molecule has 11 heteroatoms. The van der Waals surface area contributed by atoms with Crippen molar-refractivity contribution < 1.29 is 19.3 Å². The molecule has 0 saturated carbocycles. The number of carbonyl (C=O) groups is 3. The molecule has 0 aliphatic carbocycles. The summed E-state index contributed by atoms with van der Waals surface area (Å²) >= 11 is 0. The fourth-order valence-corrected chi connectivity index (χ4v) is 4.28. The zero-order chi connectivity index (χ0) is 25.7. The monoisotopic (exact) mass is 484 g/mol. The molecule has 2 aromatic heterocycles. The number of aromatic nitrogens is 3. The van der Waals surface area contributed by atoms with Gasteiger partial charge in [0, 0.05) is 23.6 Å². The number of anilines is 1. The van der Waals surface area contributed by atoms with Crippen LogP contribution in [0.1, 0.15) is 37.5 Å². The number of nitro groups is 1. The first-order chi connectivity index (χ1) is 17.1. The van der Waals surface area contributed by atoms with Crippen molar-refractivity contribution in [3.05, 3.63) is 86.6 Å². The molecule has 0 fully saturated rings. The molecule has 0 bridgehead atoms. The van der Waals surface area contributed by atoms with E-state index in [1.165, 1.54) is 10.7 Å². The zero-order valence-corrected chi connectivity index (χ0v) is 19.6. The van der Waals surface area contributed by atoms with Crippen molar-refractivity contribution in [3.8, 4) is 5.82 Å². The SMILES string of the molecule is Cc1cc(NC(=O)CN2C(=O)c3ccc([N+](=O)[O-])cc3C2=O)n(-c2cc(C)c3cccc(C)c3n2)n1. The van der Waals surface area contributed by atoms with Crippen LogP contribution in [0.15, 0.2) is 48.5 Å². The number of fused-ring (bicyclic) bond motifs is 2. The number of para-hydroxylation sites is 1. The standard InChI is InChI=1S/C25H20N6O5/c1-13-5-4-6-17-14(2)9-20(27-23(13)17)30-21(10-15(3)28-30)26-22(32)12-29-24(33)18-8-7-16(31(35)36)11-19(18)25(29)34/h4-11H,12H2,1-3H3,(H,26,32). The van der Waals surface area contributed by atoms with Crippen LogP contribution >= 0.6 is 0 Å². The fraction of sp³-hybridized carbons (Fsp3) is 0.160. The van der Waals surface area contributed by atoms with E-state index in [4.69, 9.17) is 4.98 Å². The van der Waals surface area contributed by atoms with Gasteiger partial charge >= 0.3 is 0 Å². The Bertz CT molecular complexity index is 1620. The Morgan fingerprint density at radius 1 is 1.00 bits per heavy atom. The molecule has 0 radical (unpaired) electrons. The van der Waals surface area contributed by atoms with Gasteiger partial charge in [-0.1, -0.05) is 18.2 Å². The number of nitrogens with zero attached hydrogens (tertiary/aromatic N) is 5. The molecule has 1 N–H and O–H groups in total. The highest BCUT2D eigenvalue weighted by Gasteiger charge is 2.38. The van der Waals surface area contributed by atoms with Crippen molar-refractivity contribution in [2.24, 2.45) is 0 Å². The van der Waals surface area contributed by atoms with Gasteiger partial charge in [0.25, 0.3) is 17.5 Å². The Morgan fingerprint density at radius 2 is 1.75 bits per heavy atom. The van der Waals surface area contributed by atoms with Gasteiger partial charge in [0.05, 0.1) is 27.3 Å². The van der Waals surface area contributed by atoms with Gasteiger partial charge in [0.15, 0.2) is 5.82 Å². The van der Waals surface area contributed by atoms with E-state index in [-0.39, 0.29) is 16.8 Å². The molecule has 0 atom stereocenters. The van der Waals surface area contributed by atoms with Gasteiger partial charge in [-0.2, -0.15) is 9.78 Å². The first kappa shape index (κ1) is 22.8. The highest BCUT2D eigenvalue weighted by Crippen LogP contribution is 2.27. The van der Waals surface area contributed by atoms with Crippen molar-refractivity contribution in [1.29, 1.82) is 0 Å². The number of nitro benzene ring substituents is 1. The minimum Gasteiger partial charge on any atom is -0.309 e. The molecule has 2 aromatic carbocycles. The number of aryl methyl sites for hydroxylation is 3. The molecule has 3 amide bonds. The molecule has 11 nitrogen and oxygen atoms in total. The van der Waals surface area contributed by atoms with Crippen molar-refractivity contribution >= 4 is 40.1 Å². The third kappa shape index (κ3) is 3.76. The summed E-state index contributed by atoms with van der Waals surface area (Å²) in [4.78, 5) is 54.2. The highest BCUT2D eigenvalue weighted by atomic mass is 16.6. The molecule has 180 valence electrons. The minimum atomic E-state index is -0.763. The van der Waals surface area contributed by atoms with Gasteiger partial charge in [-0.05, 0) is 44.0 Å². The summed E-state index contributed by atoms with van der Waals surface area (Å²) in [6.07, 6.45) is 0. The van der Waals surface area contributed by atoms with E-state index >= 15 is 0 Å². The van der Waals surface area contributed by atoms with E-state index in [0.717, 1.165) is 39.1 Å². The Balaban J connectivity index is 1.41. The zero-order valence-electron chi connectivity index (χ0n) is 19.6. The normalized spacial score (nSPS) is 12.8. The average molecular weight is 484 g/mol. The lowest BCUT2D eigenvalue weighted by molar-refractivity contribution is -0.384. The van der Waals surface area contributed by atoms with Gasteiger partial charge < -0.3 is 5.32 Å². The van der Waals surface area contributed by atoms with Crippen LogP contribution in [-0.4, -0.2) is 48.9 Å². The molecule has 0 saturated heterocycles. The van der Waals surface area contributed by atoms with E-state index < -0.39 is 29.2 Å². The molecular weight excluding hydrogens is 464 g/mol. The van der Waals surface area contributed by atoms with Crippen LogP contribution < -0.4 is 5.32 Å². The Labute approximate surface area is 204 Å². The van der Waals surface area contributed by atoms with Crippen molar-refractivity contribution in [2.45, 2.75) is 20.8 Å². The molecule has 5 rings (SSSR count). The number of amides is 3. The van der Waals surface area contributed by atoms with Crippen molar-refractivity contribution in [1.82, 2.24) is 19.7 Å². The lowest BCUT2D eigenvalue weighted by Gasteiger charge is -2.15. The summed E-state index contributed by atoms with van der Waals surface area (Å²) in [7, 11) is 0. The second-order valence-corrected chi connectivity index (χ2v) is 8.58. The lowest BCUT2D eigenvalue weighted by atomic mass is 10.1. The van der Waals surface area contributed by atoms with Crippen LogP contribution in [0.5, 0.6) is 0 Å². The molecular formula is C25H20N6O5. The Hall–Kier alpha value is -4.93. The number of hydrogen-bond donors (Lipinski definition) is 1. The number of non-ortho nitro benzene ring substituents is 1. The van der Waals surface area contributed by atoms with Gasteiger partial charge in [0.1, 0.15) is 12.4 Å². The quantitative estimate of drug-likeness (QED) is 0.260. The summed E-state index contributed by atoms with van der Waals surface area (Å²) in [5.74, 6) is -1.25. The molecule has 0 spiro atoms. The molecule has 1 aliphatic heterocycles. The van der Waals surface area contributed by atoms with Crippen LogP contribution in [0.25, 0.3) is 16.7 Å². The molecule has 1 aliphatic rings. The average Bonchev–Trinajstić information content (AvgIpc) is 3.31. The van der Waals surface area contributed by atoms with Crippen molar-refractivity contribution in [2.75, 3.05) is 11.9 Å². The molecule has 4 aromatic rings. The molecule has 36 heavy (non-hydrogen) atoms. The number of carbonyl (C=O) groups excluding carboxylic acids is 3. The first-order valence-corrected chi connectivity index (χ1v) is 11.0. The van der Waals surface area contributed by atoms with E-state index in [0.29, 0.717) is 17.3 Å². The van der Waals surface area contributed by atoms with Gasteiger partial charge in [0.2, 0.25) is 5.91 Å². The summed E-state index contributed by atoms with van der Waals surface area (Å²) in [6.45, 7) is 5.14. The largest absolute Gasteiger partial charge is 0.309 e. The number of rotatable bonds is 5. The molecule has 3 heterocycles. The summed E-state index contributed by atoms with van der Waals surface area (Å²) < 4.78 is 1.50. The topological polar surface area (TPSA) is 140 Å². The number of benzene rings is 2. The van der Waals surface area contributed by atoms with Gasteiger partial charge in [-0.15, -0.1) is 0 Å². The maximum atomic E-state index is 12.9. The third-order valence-electron chi connectivity index (χ3n) is 6.02. The number of pyridine rings is 1. The summed E-state index contributed by atoms with van der Waals surface area (Å²) in [5, 5.41) is 19.2. The second-order valence-electron chi connectivity index (χ2n) is 8.58. The lowest BCUT2D eigenvalue weighted by Crippen LogP contribution is -2.37. The Morgan fingerprint density at radius 3 is 2.50 bits per heavy atom. The van der Waals surface area contributed by atoms with E-state index in [2.05, 4.69) is 10.4 Å². The molecule has 0 unspecified atom stereocenters. The first-order valence-electron chi connectivity index (χ1n) is 11.0. The van der Waals surface area contributed by atoms with E-state index in [9.17, 15) is 24.5 Å². The number of imide groups is 1. The van der Waals surface area contributed by atoms with Crippen LogP contribution in [0.2, 0.25) is 0 Å². The summed E-state index contributed by atoms with van der Waals surface area (Å²) in [5.41, 5.74) is 3.04. The van der Waals surface area contributed by atoms with Crippen LogP contribution in [0, 0.1) is 30.9 Å². The predicted octanol–water partition coefficient (Wildman–Crippen LogP) is 3.49. The highest BCUT2D eigenvalue weighted by molar-refractivity contribution is 6.23. The number of nitrogens with one attached hydrogen (secondary N) is 1. The fourth-order valence-electron chi connectivity index (χ4n) is 4.28. The van der Waals surface area contributed by atoms with Crippen molar-refractivity contribution in [3.63, 3.8) is 0 Å². The van der Waals surface area contributed by atoms with E-state index in [1.54, 1.807) is 13.0 Å². The smallest absolute Gasteiger partial charge is 0.270 e. The van der Waals surface area contributed by atoms with Gasteiger partial charge in [-0.3, -0.25) is 29.4 Å². The van der Waals surface area contributed by atoms with Crippen LogP contribution in [0.3, 0.4) is 0 Å². The van der Waals surface area contributed by atoms with E-state index in [1.807, 2.05) is 38.1 Å². The maximum absolute atomic E-state index is 12.9. The second kappa shape index (κ2) is 8.38. The van der Waals surface area contributed by atoms with Gasteiger partial charge in [-0.25, -0.2) is 4.98 Å². The number of hydrogen-bond acceptors (Lipinski definition) is 7. The van der Waals surface area contributed by atoms with Crippen LogP contribution in [-0.2, 0) is 4.79 Å².